The van der Waals surface area contributed by atoms with E-state index in [1.807, 2.05) is 0 Å². The van der Waals surface area contributed by atoms with Gasteiger partial charge in [0.05, 0.1) is 0 Å². The molecule has 0 saturated heterocycles. The Bertz CT molecular complexity index is 6.00. The van der Waals surface area contributed by atoms with Crippen molar-refractivity contribution in [2.45, 2.75) is 0 Å². The van der Waals surface area contributed by atoms with Crippen LogP contribution in [0.5, 0.6) is 0 Å². The van der Waals surface area contributed by atoms with Gasteiger partial charge in [-0.1, -0.05) is 0 Å². The van der Waals surface area contributed by atoms with E-state index in [1.54, 1.807) is 0 Å². The van der Waals surface area contributed by atoms with Gasteiger partial charge in [0.2, 0.25) is 0 Å². The van der Waals surface area contributed by atoms with Crippen molar-refractivity contribution in [1.29, 1.82) is 0 Å². The first kappa shape index (κ1) is 32.1. The summed E-state index contributed by atoms with van der Waals surface area (Å²) in [6.07, 6.45) is 0. The Morgan fingerprint density at radius 1 is 0.750 bits per heavy atom. The van der Waals surface area contributed by atoms with Crippen LogP contribution in [0.1, 0.15) is 0 Å². The fourth-order valence-electron chi connectivity index (χ4n) is 0. The monoisotopic (exact) mass is 194 g/mol. The van der Waals surface area contributed by atoms with Gasteiger partial charge in [-0.25, -0.2) is 0 Å². The third-order valence-electron chi connectivity index (χ3n) is 0. The van der Waals surface area contributed by atoms with E-state index in [1.165, 1.54) is 0 Å². The molecule has 4 heteroatoms. The van der Waals surface area contributed by atoms with Crippen LogP contribution in [0, 0.1) is 0 Å². The fourth-order valence-corrected chi connectivity index (χ4v) is 0. The molecule has 0 saturated carbocycles. The van der Waals surface area contributed by atoms with Crippen LogP contribution in [0.3, 0.4) is 0 Å². The maximum atomic E-state index is 0. The molecule has 0 aromatic heterocycles. The van der Waals surface area contributed by atoms with Crippen LogP contribution in [0.25, 0.3) is 0 Å². The van der Waals surface area contributed by atoms with Gasteiger partial charge in [-0.05, 0) is 0 Å². The van der Waals surface area contributed by atoms with Crippen molar-refractivity contribution in [1.82, 2.24) is 0 Å². The van der Waals surface area contributed by atoms with Crippen molar-refractivity contribution < 1.29 is 11.0 Å². The Morgan fingerprint density at radius 2 is 0.750 bits per heavy atom. The fraction of sp³-hybridized carbons (Fsp3) is 0. The zero-order valence-electron chi connectivity index (χ0n) is 1.00. The zero-order chi connectivity index (χ0) is 0. The SMILES string of the molecule is O.O.[InH3].[KH]. The summed E-state index contributed by atoms with van der Waals surface area (Å²) in [5.74, 6) is 0. The molecule has 0 rings (SSSR count). The Morgan fingerprint density at radius 3 is 0.750 bits per heavy atom. The number of rotatable bonds is 0. The molecule has 0 aliphatic rings. The average molecular weight is 194 g/mol. The number of hydrogen-bond donors (Lipinski definition) is 0. The average Bonchev–Trinajstić information content (AvgIpc) is 0. The molecule has 0 spiro atoms. The van der Waals surface area contributed by atoms with Crippen molar-refractivity contribution in [3.63, 3.8) is 0 Å². The summed E-state index contributed by atoms with van der Waals surface area (Å²) in [6, 6.07) is 0. The van der Waals surface area contributed by atoms with E-state index in [2.05, 4.69) is 0 Å². The molecule has 4 heavy (non-hydrogen) atoms. The van der Waals surface area contributed by atoms with Crippen molar-refractivity contribution in [2.75, 3.05) is 0 Å². The first-order valence-corrected chi connectivity index (χ1v) is 0. The second-order valence-corrected chi connectivity index (χ2v) is 0. The van der Waals surface area contributed by atoms with Crippen LogP contribution in [0.2, 0.25) is 0 Å². The Balaban J connectivity index is 0. The third-order valence-corrected chi connectivity index (χ3v) is 0. The van der Waals surface area contributed by atoms with Gasteiger partial charge in [-0.15, -0.1) is 0 Å². The van der Waals surface area contributed by atoms with Crippen LogP contribution >= 0.6 is 0 Å². The molecule has 24 valence electrons. The van der Waals surface area contributed by atoms with Crippen LogP contribution in [-0.4, -0.2) is 88.2 Å². The summed E-state index contributed by atoms with van der Waals surface area (Å²) < 4.78 is 0. The molecule has 0 aromatic carbocycles. The summed E-state index contributed by atoms with van der Waals surface area (Å²) in [5, 5.41) is 0. The van der Waals surface area contributed by atoms with Crippen LogP contribution in [0.4, 0.5) is 0 Å². The predicted octanol–water partition coefficient (Wildman–Crippen LogP) is -3.48. The first-order valence-electron chi connectivity index (χ1n) is 0. The molecule has 0 unspecified atom stereocenters. The first-order chi connectivity index (χ1) is 0. The summed E-state index contributed by atoms with van der Waals surface area (Å²) >= 11 is 0. The second kappa shape index (κ2) is 18.1. The van der Waals surface area contributed by atoms with Crippen molar-refractivity contribution in [3.05, 3.63) is 0 Å². The van der Waals surface area contributed by atoms with E-state index < -0.39 is 0 Å². The zero-order valence-corrected chi connectivity index (χ0v) is 1.00. The van der Waals surface area contributed by atoms with E-state index in [0.717, 1.165) is 0 Å². The summed E-state index contributed by atoms with van der Waals surface area (Å²) in [7, 11) is 0. The molecule has 0 aliphatic heterocycles. The van der Waals surface area contributed by atoms with Gasteiger partial charge in [0, 0.05) is 0 Å². The van der Waals surface area contributed by atoms with Crippen LogP contribution in [0.15, 0.2) is 0 Å². The molecule has 0 aromatic rings. The molecule has 4 N–H and O–H groups in total. The van der Waals surface area contributed by atoms with Crippen molar-refractivity contribution in [3.8, 4) is 0 Å². The standard InChI is InChI=1S/In.K.2H2O.4H/h;;2*1H2;;;;. The molecule has 0 amide bonds. The molecule has 0 bridgehead atoms. The van der Waals surface area contributed by atoms with Gasteiger partial charge >= 0.3 is 77.2 Å². The number of hydrogen-bond acceptors (Lipinski definition) is 0. The Hall–Kier alpha value is 2.43. The minimum atomic E-state index is 0. The van der Waals surface area contributed by atoms with Gasteiger partial charge in [-0.2, -0.15) is 0 Å². The minimum absolute atomic E-state index is 0. The summed E-state index contributed by atoms with van der Waals surface area (Å²) in [6.45, 7) is 0. The van der Waals surface area contributed by atoms with Gasteiger partial charge in [0.1, 0.15) is 0 Å². The molecule has 0 atom stereocenters. The van der Waals surface area contributed by atoms with E-state index in [9.17, 15) is 0 Å². The van der Waals surface area contributed by atoms with Crippen LogP contribution < -0.4 is 0 Å². The maximum absolute atomic E-state index is 0. The van der Waals surface area contributed by atoms with Gasteiger partial charge < -0.3 is 11.0 Å². The van der Waals surface area contributed by atoms with Gasteiger partial charge in [0.25, 0.3) is 0 Å². The van der Waals surface area contributed by atoms with Crippen molar-refractivity contribution >= 4 is 77.2 Å². The van der Waals surface area contributed by atoms with E-state index >= 15 is 0 Å². The summed E-state index contributed by atoms with van der Waals surface area (Å²) in [4.78, 5) is 0. The van der Waals surface area contributed by atoms with Gasteiger partial charge in [-0.3, -0.25) is 0 Å². The molecule has 2 nitrogen and oxygen atoms in total. The molecule has 0 aliphatic carbocycles. The third kappa shape index (κ3) is 8.83. The summed E-state index contributed by atoms with van der Waals surface area (Å²) in [5.41, 5.74) is 0. The van der Waals surface area contributed by atoms with E-state index in [4.69, 9.17) is 0 Å². The predicted molar refractivity (Wildman–Crippen MR) is 24.3 cm³/mol. The normalized spacial score (nSPS) is 0. The molecule has 0 fully saturated rings. The van der Waals surface area contributed by atoms with E-state index in [0.29, 0.717) is 0 Å². The second-order valence-electron chi connectivity index (χ2n) is 0. The molecular formula is H8InKO2. The molecule has 0 radical (unpaired) electrons. The van der Waals surface area contributed by atoms with Crippen molar-refractivity contribution in [2.24, 2.45) is 0 Å². The topological polar surface area (TPSA) is 63.0 Å². The van der Waals surface area contributed by atoms with E-state index in [-0.39, 0.29) is 88.2 Å². The molecular weight excluding hydrogens is 186 g/mol. The van der Waals surface area contributed by atoms with Gasteiger partial charge in [0.15, 0.2) is 0 Å². The molecule has 0 heterocycles. The Labute approximate surface area is 86.2 Å². The Kier molecular flexibility index (Phi) is 145. The van der Waals surface area contributed by atoms with Crippen LogP contribution in [-0.2, 0) is 0 Å². The quantitative estimate of drug-likeness (QED) is 0.359.